The highest BCUT2D eigenvalue weighted by Crippen LogP contribution is 2.35. The zero-order valence-corrected chi connectivity index (χ0v) is 15.4. The lowest BCUT2D eigenvalue weighted by Crippen LogP contribution is -2.19. The molecule has 0 unspecified atom stereocenters. The van der Waals surface area contributed by atoms with Gasteiger partial charge in [0.15, 0.2) is 11.9 Å². The highest BCUT2D eigenvalue weighted by atomic mass is 16.5. The van der Waals surface area contributed by atoms with E-state index in [1.54, 1.807) is 7.11 Å². The molecule has 0 fully saturated rings. The molecule has 0 N–H and O–H groups in total. The van der Waals surface area contributed by atoms with Gasteiger partial charge in [0.1, 0.15) is 11.6 Å². The quantitative estimate of drug-likeness (QED) is 0.747. The Morgan fingerprint density at radius 3 is 2.68 bits per heavy atom. The lowest BCUT2D eigenvalue weighted by atomic mass is 9.98. The molecule has 1 aromatic heterocycles. The van der Waals surface area contributed by atoms with Crippen LogP contribution in [0.3, 0.4) is 0 Å². The molecule has 0 amide bonds. The summed E-state index contributed by atoms with van der Waals surface area (Å²) < 4.78 is 17.3. The summed E-state index contributed by atoms with van der Waals surface area (Å²) in [4.78, 5) is 4.81. The maximum absolute atomic E-state index is 6.28. The van der Waals surface area contributed by atoms with Crippen LogP contribution < -0.4 is 0 Å². The van der Waals surface area contributed by atoms with E-state index in [0.717, 1.165) is 35.4 Å². The average Bonchev–Trinajstić information content (AvgIpc) is 3.20. The first kappa shape index (κ1) is 17.7. The van der Waals surface area contributed by atoms with Gasteiger partial charge in [-0.25, -0.2) is 4.99 Å². The van der Waals surface area contributed by atoms with Gasteiger partial charge in [-0.05, 0) is 18.9 Å². The van der Waals surface area contributed by atoms with Crippen LogP contribution in [0.1, 0.15) is 61.3 Å². The first-order chi connectivity index (χ1) is 12.2. The Morgan fingerprint density at radius 1 is 1.24 bits per heavy atom. The van der Waals surface area contributed by atoms with Crippen LogP contribution in [0.2, 0.25) is 0 Å². The second-order valence-electron chi connectivity index (χ2n) is 6.60. The highest BCUT2D eigenvalue weighted by Gasteiger charge is 2.36. The number of nitrogens with zero attached hydrogens (tertiary/aromatic N) is 2. The third kappa shape index (κ3) is 3.61. The predicted molar refractivity (Wildman–Crippen MR) is 97.0 cm³/mol. The van der Waals surface area contributed by atoms with E-state index in [4.69, 9.17) is 19.0 Å². The third-order valence-electron chi connectivity index (χ3n) is 4.61. The molecule has 0 saturated heterocycles. The number of rotatable bonds is 7. The molecule has 2 aromatic rings. The van der Waals surface area contributed by atoms with Gasteiger partial charge in [0.25, 0.3) is 0 Å². The van der Waals surface area contributed by atoms with Gasteiger partial charge in [-0.2, -0.15) is 0 Å². The van der Waals surface area contributed by atoms with Gasteiger partial charge in [0, 0.05) is 13.0 Å². The normalized spacial score (nSPS) is 21.0. The Hall–Kier alpha value is -2.14. The lowest BCUT2D eigenvalue weighted by molar-refractivity contribution is 0.120. The Balaban J connectivity index is 1.93. The van der Waals surface area contributed by atoms with Crippen molar-refractivity contribution in [3.05, 3.63) is 52.9 Å². The van der Waals surface area contributed by atoms with Crippen molar-refractivity contribution in [3.8, 4) is 0 Å². The molecule has 134 valence electrons. The average molecular weight is 342 g/mol. The minimum absolute atomic E-state index is 0.0777. The number of hydrogen-bond acceptors (Lipinski definition) is 5. The lowest BCUT2D eigenvalue weighted by Gasteiger charge is -2.17. The van der Waals surface area contributed by atoms with Gasteiger partial charge >= 0.3 is 0 Å². The molecule has 1 aliphatic rings. The number of aryl methyl sites for hydroxylation is 1. The van der Waals surface area contributed by atoms with Crippen LogP contribution in [0.25, 0.3) is 0 Å². The monoisotopic (exact) mass is 342 g/mol. The van der Waals surface area contributed by atoms with Crippen LogP contribution >= 0.6 is 0 Å². The molecule has 3 atom stereocenters. The Labute approximate surface area is 149 Å². The first-order valence-corrected chi connectivity index (χ1v) is 8.90. The van der Waals surface area contributed by atoms with Crippen molar-refractivity contribution in [1.82, 2.24) is 5.16 Å². The molecule has 2 heterocycles. The molecule has 0 spiro atoms. The maximum Gasteiger partial charge on any atom is 0.222 e. The van der Waals surface area contributed by atoms with E-state index in [1.165, 1.54) is 0 Å². The number of benzene rings is 1. The van der Waals surface area contributed by atoms with Crippen LogP contribution in [0.4, 0.5) is 0 Å². The Bertz CT molecular complexity index is 724. The summed E-state index contributed by atoms with van der Waals surface area (Å²) in [6, 6.07) is 10.1. The van der Waals surface area contributed by atoms with E-state index >= 15 is 0 Å². The molecule has 1 aromatic carbocycles. The third-order valence-corrected chi connectivity index (χ3v) is 4.61. The molecular formula is C20H26N2O3. The fraction of sp³-hybridized carbons (Fsp3) is 0.500. The summed E-state index contributed by atoms with van der Waals surface area (Å²) in [6.07, 6.45) is 1.98. The van der Waals surface area contributed by atoms with Crippen LogP contribution in [0.5, 0.6) is 0 Å². The molecule has 3 rings (SSSR count). The second-order valence-corrected chi connectivity index (χ2v) is 6.60. The number of aliphatic imine (C=N–C) groups is 1. The molecule has 0 aliphatic carbocycles. The summed E-state index contributed by atoms with van der Waals surface area (Å²) >= 11 is 0. The first-order valence-electron chi connectivity index (χ1n) is 8.90. The number of aromatic nitrogens is 1. The number of ether oxygens (including phenoxy) is 2. The molecule has 5 nitrogen and oxygen atoms in total. The fourth-order valence-corrected chi connectivity index (χ4v) is 3.35. The second kappa shape index (κ2) is 7.83. The zero-order valence-electron chi connectivity index (χ0n) is 15.4. The fourth-order valence-electron chi connectivity index (χ4n) is 3.35. The van der Waals surface area contributed by atoms with Crippen molar-refractivity contribution in [2.24, 2.45) is 4.99 Å². The maximum atomic E-state index is 6.28. The molecule has 0 bridgehead atoms. The standard InChI is InChI=1S/C20H26N2O3/c1-5-9-13(2)18-17(14(3)22-25-18)20-21-16(12-23-4)19(24-20)15-10-7-6-8-11-15/h6-8,10-11,13,16,19H,5,9,12H2,1-4H3/t13-,16+,19+/m1/s1. The van der Waals surface area contributed by atoms with Crippen molar-refractivity contribution in [2.75, 3.05) is 13.7 Å². The summed E-state index contributed by atoms with van der Waals surface area (Å²) in [7, 11) is 1.69. The van der Waals surface area contributed by atoms with E-state index < -0.39 is 0 Å². The summed E-state index contributed by atoms with van der Waals surface area (Å²) in [5, 5.41) is 4.17. The summed E-state index contributed by atoms with van der Waals surface area (Å²) in [5.74, 6) is 1.76. The topological polar surface area (TPSA) is 56.9 Å². The van der Waals surface area contributed by atoms with E-state index in [1.807, 2.05) is 25.1 Å². The van der Waals surface area contributed by atoms with Gasteiger partial charge in [0.05, 0.1) is 12.3 Å². The largest absolute Gasteiger partial charge is 0.467 e. The molecule has 25 heavy (non-hydrogen) atoms. The molecular weight excluding hydrogens is 316 g/mol. The van der Waals surface area contributed by atoms with Crippen LogP contribution in [0.15, 0.2) is 39.8 Å². The minimum atomic E-state index is -0.153. The van der Waals surface area contributed by atoms with E-state index in [-0.39, 0.29) is 18.1 Å². The SMILES string of the molecule is CCC[C@@H](C)c1onc(C)c1C1=N[C@@H](COC)[C@H](c2ccccc2)O1. The van der Waals surface area contributed by atoms with Gasteiger partial charge in [0.2, 0.25) is 5.90 Å². The number of hydrogen-bond donors (Lipinski definition) is 0. The molecule has 0 radical (unpaired) electrons. The van der Waals surface area contributed by atoms with Crippen molar-refractivity contribution < 1.29 is 14.0 Å². The molecule has 0 saturated carbocycles. The van der Waals surface area contributed by atoms with Gasteiger partial charge in [-0.1, -0.05) is 55.8 Å². The van der Waals surface area contributed by atoms with Crippen molar-refractivity contribution >= 4 is 5.90 Å². The van der Waals surface area contributed by atoms with E-state index in [0.29, 0.717) is 12.5 Å². The Kier molecular flexibility index (Phi) is 5.53. The van der Waals surface area contributed by atoms with Crippen LogP contribution in [0, 0.1) is 6.92 Å². The van der Waals surface area contributed by atoms with Crippen LogP contribution in [-0.4, -0.2) is 30.8 Å². The smallest absolute Gasteiger partial charge is 0.222 e. The molecule has 1 aliphatic heterocycles. The molecule has 5 heteroatoms. The van der Waals surface area contributed by atoms with E-state index in [2.05, 4.69) is 31.1 Å². The minimum Gasteiger partial charge on any atom is -0.467 e. The van der Waals surface area contributed by atoms with Crippen molar-refractivity contribution in [3.63, 3.8) is 0 Å². The predicted octanol–water partition coefficient (Wildman–Crippen LogP) is 4.42. The zero-order chi connectivity index (χ0) is 17.8. The Morgan fingerprint density at radius 2 is 2.00 bits per heavy atom. The van der Waals surface area contributed by atoms with Gasteiger partial charge in [-0.15, -0.1) is 0 Å². The van der Waals surface area contributed by atoms with Crippen molar-refractivity contribution in [1.29, 1.82) is 0 Å². The summed E-state index contributed by atoms with van der Waals surface area (Å²) in [5.41, 5.74) is 2.82. The van der Waals surface area contributed by atoms with Crippen LogP contribution in [-0.2, 0) is 9.47 Å². The number of methoxy groups -OCH3 is 1. The van der Waals surface area contributed by atoms with Crippen molar-refractivity contribution in [2.45, 2.75) is 51.7 Å². The van der Waals surface area contributed by atoms with Gasteiger partial charge in [-0.3, -0.25) is 0 Å². The van der Waals surface area contributed by atoms with E-state index in [9.17, 15) is 0 Å². The summed E-state index contributed by atoms with van der Waals surface area (Å²) in [6.45, 7) is 6.77. The van der Waals surface area contributed by atoms with Gasteiger partial charge < -0.3 is 14.0 Å². The highest BCUT2D eigenvalue weighted by molar-refractivity contribution is 5.97.